The number of hydrogen-bond donors (Lipinski definition) is 0. The maximum Gasteiger partial charge on any atom is 0.225 e. The highest BCUT2D eigenvalue weighted by Gasteiger charge is 2.25. The highest BCUT2D eigenvalue weighted by Crippen LogP contribution is 2.28. The summed E-state index contributed by atoms with van der Waals surface area (Å²) in [6.45, 7) is 5.29. The van der Waals surface area contributed by atoms with E-state index in [-0.39, 0.29) is 11.8 Å². The molecule has 27 heavy (non-hydrogen) atoms. The summed E-state index contributed by atoms with van der Waals surface area (Å²) in [5.74, 6) is 1.56. The highest BCUT2D eigenvalue weighted by atomic mass is 16.5. The molecule has 1 aliphatic rings. The van der Waals surface area contributed by atoms with E-state index in [4.69, 9.17) is 9.47 Å². The SMILES string of the molecule is COc1ccc(CC(C)C(=O)N2CCN(c3ccccc3)CC2)cc1OC. The van der Waals surface area contributed by atoms with Crippen molar-refractivity contribution < 1.29 is 14.3 Å². The molecule has 0 bridgehead atoms. The second-order valence-corrected chi connectivity index (χ2v) is 6.94. The van der Waals surface area contributed by atoms with Crippen molar-refractivity contribution >= 4 is 11.6 Å². The molecule has 0 saturated carbocycles. The number of methoxy groups -OCH3 is 2. The number of carbonyl (C=O) groups is 1. The number of para-hydroxylation sites is 1. The third kappa shape index (κ3) is 4.54. The Kier molecular flexibility index (Phi) is 6.22. The van der Waals surface area contributed by atoms with E-state index in [9.17, 15) is 4.79 Å². The first kappa shape index (κ1) is 19.1. The van der Waals surface area contributed by atoms with Crippen LogP contribution in [0.4, 0.5) is 5.69 Å². The van der Waals surface area contributed by atoms with Gasteiger partial charge in [0.2, 0.25) is 5.91 Å². The third-order valence-electron chi connectivity index (χ3n) is 5.12. The van der Waals surface area contributed by atoms with E-state index in [1.165, 1.54) is 5.69 Å². The maximum absolute atomic E-state index is 12.9. The molecule has 3 rings (SSSR count). The number of carbonyl (C=O) groups excluding carboxylic acids is 1. The van der Waals surface area contributed by atoms with Crippen LogP contribution < -0.4 is 14.4 Å². The number of nitrogens with zero attached hydrogens (tertiary/aromatic N) is 2. The van der Waals surface area contributed by atoms with Gasteiger partial charge in [-0.15, -0.1) is 0 Å². The molecule has 0 aromatic heterocycles. The topological polar surface area (TPSA) is 42.0 Å². The van der Waals surface area contributed by atoms with Gasteiger partial charge in [0.1, 0.15) is 0 Å². The average Bonchev–Trinajstić information content (AvgIpc) is 2.73. The van der Waals surface area contributed by atoms with Crippen molar-refractivity contribution in [2.45, 2.75) is 13.3 Å². The summed E-state index contributed by atoms with van der Waals surface area (Å²) in [5, 5.41) is 0. The van der Waals surface area contributed by atoms with Crippen molar-refractivity contribution in [2.75, 3.05) is 45.3 Å². The van der Waals surface area contributed by atoms with E-state index in [0.717, 1.165) is 31.7 Å². The van der Waals surface area contributed by atoms with Gasteiger partial charge in [-0.2, -0.15) is 0 Å². The Labute approximate surface area is 161 Å². The molecule has 1 saturated heterocycles. The monoisotopic (exact) mass is 368 g/mol. The Balaban J connectivity index is 1.57. The lowest BCUT2D eigenvalue weighted by atomic mass is 9.99. The lowest BCUT2D eigenvalue weighted by molar-refractivity contribution is -0.135. The summed E-state index contributed by atoms with van der Waals surface area (Å²) >= 11 is 0. The predicted molar refractivity (Wildman–Crippen MR) is 108 cm³/mol. The summed E-state index contributed by atoms with van der Waals surface area (Å²) in [5.41, 5.74) is 2.30. The number of benzene rings is 2. The summed E-state index contributed by atoms with van der Waals surface area (Å²) in [6.07, 6.45) is 0.693. The van der Waals surface area contributed by atoms with Crippen LogP contribution in [-0.4, -0.2) is 51.2 Å². The van der Waals surface area contributed by atoms with Gasteiger partial charge in [0.05, 0.1) is 14.2 Å². The maximum atomic E-state index is 12.9. The number of hydrogen-bond acceptors (Lipinski definition) is 4. The Hall–Kier alpha value is -2.69. The quantitative estimate of drug-likeness (QED) is 0.785. The van der Waals surface area contributed by atoms with Gasteiger partial charge in [-0.25, -0.2) is 0 Å². The first-order chi connectivity index (χ1) is 13.1. The van der Waals surface area contributed by atoms with Crippen LogP contribution >= 0.6 is 0 Å². The molecule has 1 fully saturated rings. The molecule has 0 radical (unpaired) electrons. The Morgan fingerprint density at radius 3 is 2.26 bits per heavy atom. The molecule has 144 valence electrons. The molecular weight excluding hydrogens is 340 g/mol. The molecule has 2 aromatic rings. The van der Waals surface area contributed by atoms with E-state index < -0.39 is 0 Å². The molecule has 1 unspecified atom stereocenters. The molecule has 1 atom stereocenters. The van der Waals surface area contributed by atoms with E-state index in [2.05, 4.69) is 29.2 Å². The molecule has 1 aliphatic heterocycles. The Morgan fingerprint density at radius 2 is 1.63 bits per heavy atom. The molecule has 0 N–H and O–H groups in total. The van der Waals surface area contributed by atoms with E-state index in [1.807, 2.05) is 36.1 Å². The van der Waals surface area contributed by atoms with Crippen LogP contribution in [0.15, 0.2) is 48.5 Å². The Morgan fingerprint density at radius 1 is 0.963 bits per heavy atom. The van der Waals surface area contributed by atoms with Gasteiger partial charge in [-0.3, -0.25) is 4.79 Å². The molecule has 5 heteroatoms. The zero-order valence-corrected chi connectivity index (χ0v) is 16.4. The lowest BCUT2D eigenvalue weighted by Gasteiger charge is -2.37. The summed E-state index contributed by atoms with van der Waals surface area (Å²) in [4.78, 5) is 17.2. The normalized spacial score (nSPS) is 15.4. The molecule has 1 heterocycles. The molecule has 0 spiro atoms. The first-order valence-corrected chi connectivity index (χ1v) is 9.42. The number of ether oxygens (including phenoxy) is 2. The zero-order chi connectivity index (χ0) is 19.2. The Bertz CT molecular complexity index is 755. The molecular formula is C22H28N2O3. The molecule has 2 aromatic carbocycles. The fourth-order valence-corrected chi connectivity index (χ4v) is 3.58. The number of rotatable bonds is 6. The number of piperazine rings is 1. The van der Waals surface area contributed by atoms with Crippen molar-refractivity contribution in [3.05, 3.63) is 54.1 Å². The van der Waals surface area contributed by atoms with Gasteiger partial charge >= 0.3 is 0 Å². The number of amides is 1. The van der Waals surface area contributed by atoms with Gasteiger partial charge in [0, 0.05) is 37.8 Å². The van der Waals surface area contributed by atoms with Crippen LogP contribution in [0.2, 0.25) is 0 Å². The summed E-state index contributed by atoms with van der Waals surface area (Å²) in [6, 6.07) is 16.2. The van der Waals surface area contributed by atoms with Crippen molar-refractivity contribution in [1.82, 2.24) is 4.90 Å². The van der Waals surface area contributed by atoms with Crippen LogP contribution in [0.5, 0.6) is 11.5 Å². The standard InChI is InChI=1S/C22H28N2O3/c1-17(15-18-9-10-20(26-2)21(16-18)27-3)22(25)24-13-11-23(12-14-24)19-7-5-4-6-8-19/h4-10,16-17H,11-15H2,1-3H3. The van der Waals surface area contributed by atoms with Crippen LogP contribution in [-0.2, 0) is 11.2 Å². The smallest absolute Gasteiger partial charge is 0.225 e. The predicted octanol–water partition coefficient (Wildman–Crippen LogP) is 3.23. The molecule has 0 aliphatic carbocycles. The van der Waals surface area contributed by atoms with Gasteiger partial charge in [-0.05, 0) is 36.2 Å². The lowest BCUT2D eigenvalue weighted by Crippen LogP contribution is -2.50. The van der Waals surface area contributed by atoms with Crippen LogP contribution in [0.25, 0.3) is 0 Å². The molecule has 1 amide bonds. The third-order valence-corrected chi connectivity index (χ3v) is 5.12. The van der Waals surface area contributed by atoms with Crippen LogP contribution in [0, 0.1) is 5.92 Å². The van der Waals surface area contributed by atoms with Crippen LogP contribution in [0.3, 0.4) is 0 Å². The van der Waals surface area contributed by atoms with Crippen molar-refractivity contribution in [3.8, 4) is 11.5 Å². The highest BCUT2D eigenvalue weighted by molar-refractivity contribution is 5.79. The van der Waals surface area contributed by atoms with Gasteiger partial charge in [-0.1, -0.05) is 31.2 Å². The van der Waals surface area contributed by atoms with Crippen molar-refractivity contribution in [2.24, 2.45) is 5.92 Å². The van der Waals surface area contributed by atoms with Crippen molar-refractivity contribution in [3.63, 3.8) is 0 Å². The van der Waals surface area contributed by atoms with Crippen LogP contribution in [0.1, 0.15) is 12.5 Å². The number of anilines is 1. The fourth-order valence-electron chi connectivity index (χ4n) is 3.58. The van der Waals surface area contributed by atoms with Gasteiger partial charge in [0.25, 0.3) is 0 Å². The largest absolute Gasteiger partial charge is 0.493 e. The zero-order valence-electron chi connectivity index (χ0n) is 16.4. The van der Waals surface area contributed by atoms with Gasteiger partial charge < -0.3 is 19.3 Å². The van der Waals surface area contributed by atoms with E-state index in [0.29, 0.717) is 17.9 Å². The van der Waals surface area contributed by atoms with Gasteiger partial charge in [0.15, 0.2) is 11.5 Å². The average molecular weight is 368 g/mol. The second-order valence-electron chi connectivity index (χ2n) is 6.94. The van der Waals surface area contributed by atoms with E-state index >= 15 is 0 Å². The minimum atomic E-state index is -0.0635. The van der Waals surface area contributed by atoms with Crippen molar-refractivity contribution in [1.29, 1.82) is 0 Å². The van der Waals surface area contributed by atoms with E-state index in [1.54, 1.807) is 14.2 Å². The first-order valence-electron chi connectivity index (χ1n) is 9.42. The summed E-state index contributed by atoms with van der Waals surface area (Å²) < 4.78 is 10.6. The molecule has 5 nitrogen and oxygen atoms in total. The summed E-state index contributed by atoms with van der Waals surface area (Å²) in [7, 11) is 3.25. The minimum absolute atomic E-state index is 0.0635. The fraction of sp³-hybridized carbons (Fsp3) is 0.409. The minimum Gasteiger partial charge on any atom is -0.493 e. The second kappa shape index (κ2) is 8.80.